The smallest absolute Gasteiger partial charge is 0.403 e. The van der Waals surface area contributed by atoms with Gasteiger partial charge in [0.2, 0.25) is 0 Å². The third-order valence-corrected chi connectivity index (χ3v) is 7.46. The van der Waals surface area contributed by atoms with Crippen LogP contribution in [0.25, 0.3) is 0 Å². The van der Waals surface area contributed by atoms with Gasteiger partial charge in [-0.2, -0.15) is 0 Å². The Morgan fingerprint density at radius 2 is 1.42 bits per heavy atom. The van der Waals surface area contributed by atoms with Gasteiger partial charge in [0.05, 0.1) is 11.2 Å². The molecule has 0 N–H and O–H groups in total. The van der Waals surface area contributed by atoms with Crippen LogP contribution in [0.4, 0.5) is 0 Å². The van der Waals surface area contributed by atoms with Crippen LogP contribution < -0.4 is 0 Å². The van der Waals surface area contributed by atoms with Gasteiger partial charge < -0.3 is 9.31 Å². The van der Waals surface area contributed by atoms with Crippen molar-refractivity contribution in [2.24, 2.45) is 16.7 Å². The summed E-state index contributed by atoms with van der Waals surface area (Å²) in [5.41, 5.74) is 0.417. The van der Waals surface area contributed by atoms with E-state index in [2.05, 4.69) is 48.5 Å². The molecule has 2 nitrogen and oxygen atoms in total. The maximum Gasteiger partial charge on any atom is 0.461 e. The Hall–Kier alpha value is -0.0151. The first-order chi connectivity index (χ1) is 8.51. The highest BCUT2D eigenvalue weighted by molar-refractivity contribution is 6.48. The Morgan fingerprint density at radius 3 is 1.79 bits per heavy atom. The van der Waals surface area contributed by atoms with Crippen LogP contribution >= 0.6 is 0 Å². The zero-order chi connectivity index (χ0) is 14.3. The molecule has 3 atom stereocenters. The van der Waals surface area contributed by atoms with Gasteiger partial charge in [0.1, 0.15) is 0 Å². The van der Waals surface area contributed by atoms with Crippen molar-refractivity contribution in [2.75, 3.05) is 0 Å². The minimum atomic E-state index is -0.194. The minimum Gasteiger partial charge on any atom is -0.403 e. The Balaban J connectivity index is 1.87. The fourth-order valence-electron chi connectivity index (χ4n) is 4.73. The second-order valence-corrected chi connectivity index (χ2v) is 8.84. The van der Waals surface area contributed by atoms with Crippen molar-refractivity contribution in [3.63, 3.8) is 0 Å². The molecule has 0 unspecified atom stereocenters. The van der Waals surface area contributed by atoms with E-state index in [9.17, 15) is 0 Å². The first-order valence-electron chi connectivity index (χ1n) is 7.87. The fraction of sp³-hybridized carbons (Fsp3) is 1.00. The van der Waals surface area contributed by atoms with Crippen LogP contribution in [0.3, 0.4) is 0 Å². The van der Waals surface area contributed by atoms with E-state index in [1.165, 1.54) is 19.3 Å². The van der Waals surface area contributed by atoms with Crippen molar-refractivity contribution >= 4 is 7.12 Å². The molecule has 2 bridgehead atoms. The summed E-state index contributed by atoms with van der Waals surface area (Å²) < 4.78 is 12.7. The summed E-state index contributed by atoms with van der Waals surface area (Å²) in [6, 6.07) is 0. The van der Waals surface area contributed by atoms with Gasteiger partial charge in [-0.15, -0.1) is 0 Å². The molecule has 1 heterocycles. The first-order valence-corrected chi connectivity index (χ1v) is 7.87. The van der Waals surface area contributed by atoms with Gasteiger partial charge in [-0.1, -0.05) is 20.8 Å². The van der Waals surface area contributed by atoms with Gasteiger partial charge in [0, 0.05) is 5.82 Å². The molecule has 0 aromatic rings. The largest absolute Gasteiger partial charge is 0.461 e. The van der Waals surface area contributed by atoms with E-state index >= 15 is 0 Å². The van der Waals surface area contributed by atoms with Crippen LogP contribution in [-0.4, -0.2) is 18.3 Å². The molecule has 3 heteroatoms. The summed E-state index contributed by atoms with van der Waals surface area (Å²) >= 11 is 0. The maximum atomic E-state index is 6.34. The van der Waals surface area contributed by atoms with Gasteiger partial charge in [0.25, 0.3) is 0 Å². The number of rotatable bonds is 1. The van der Waals surface area contributed by atoms with Crippen LogP contribution in [0.15, 0.2) is 0 Å². The van der Waals surface area contributed by atoms with Crippen molar-refractivity contribution < 1.29 is 9.31 Å². The summed E-state index contributed by atoms with van der Waals surface area (Å²) in [6.07, 6.45) is 4.00. The maximum absolute atomic E-state index is 6.34. The Morgan fingerprint density at radius 1 is 0.895 bits per heavy atom. The quantitative estimate of drug-likeness (QED) is 0.657. The standard InChI is InChI=1S/C16H29BO2/c1-13(2)11-8-9-16(13,7)12(10-11)17-18-14(3,4)15(5,6)19-17/h11-12H,8-10H2,1-7H3/t11-,12+,16+/m1/s1. The molecule has 0 radical (unpaired) electrons. The molecule has 1 aliphatic heterocycles. The van der Waals surface area contributed by atoms with Gasteiger partial charge >= 0.3 is 7.12 Å². The van der Waals surface area contributed by atoms with Crippen molar-refractivity contribution in [1.29, 1.82) is 0 Å². The molecule has 0 aromatic heterocycles. The zero-order valence-electron chi connectivity index (χ0n) is 13.7. The summed E-state index contributed by atoms with van der Waals surface area (Å²) in [5.74, 6) is 1.41. The van der Waals surface area contributed by atoms with Crippen LogP contribution in [0.2, 0.25) is 5.82 Å². The lowest BCUT2D eigenvalue weighted by Crippen LogP contribution is -2.41. The van der Waals surface area contributed by atoms with E-state index in [4.69, 9.17) is 9.31 Å². The van der Waals surface area contributed by atoms with Crippen LogP contribution in [-0.2, 0) is 9.31 Å². The second kappa shape index (κ2) is 3.60. The third kappa shape index (κ3) is 1.58. The summed E-state index contributed by atoms with van der Waals surface area (Å²) in [6.45, 7) is 16.0. The van der Waals surface area contributed by atoms with Gasteiger partial charge in [-0.3, -0.25) is 0 Å². The predicted octanol–water partition coefficient (Wildman–Crippen LogP) is 4.30. The van der Waals surface area contributed by atoms with Crippen LogP contribution in [0.1, 0.15) is 67.7 Å². The molecular weight excluding hydrogens is 235 g/mol. The number of hydrogen-bond acceptors (Lipinski definition) is 2. The molecular formula is C16H29BO2. The van der Waals surface area contributed by atoms with E-state index in [0.29, 0.717) is 16.6 Å². The van der Waals surface area contributed by atoms with E-state index in [0.717, 1.165) is 5.92 Å². The van der Waals surface area contributed by atoms with E-state index in [1.807, 2.05) is 0 Å². The lowest BCUT2D eigenvalue weighted by molar-refractivity contribution is 0.00578. The summed E-state index contributed by atoms with van der Waals surface area (Å²) in [5, 5.41) is 0. The molecule has 0 spiro atoms. The molecule has 2 saturated carbocycles. The SMILES string of the molecule is CC1(C)OB([C@H]2C[C@H]3CC[C@]2(C)C3(C)C)OC1(C)C. The lowest BCUT2D eigenvalue weighted by Gasteiger charge is -2.40. The minimum absolute atomic E-state index is 0.0143. The highest BCUT2D eigenvalue weighted by Crippen LogP contribution is 2.72. The van der Waals surface area contributed by atoms with Gasteiger partial charge in [-0.25, -0.2) is 0 Å². The molecule has 2 aliphatic carbocycles. The van der Waals surface area contributed by atoms with E-state index in [-0.39, 0.29) is 18.3 Å². The molecule has 3 rings (SSSR count). The molecule has 19 heavy (non-hydrogen) atoms. The first kappa shape index (κ1) is 13.9. The number of hydrogen-bond donors (Lipinski definition) is 0. The average Bonchev–Trinajstić information content (AvgIpc) is 2.68. The molecule has 3 aliphatic rings. The average molecular weight is 264 g/mol. The van der Waals surface area contributed by atoms with Gasteiger partial charge in [-0.05, 0) is 63.7 Å². The fourth-order valence-corrected chi connectivity index (χ4v) is 4.73. The van der Waals surface area contributed by atoms with Gasteiger partial charge in [0.15, 0.2) is 0 Å². The monoisotopic (exact) mass is 264 g/mol. The molecule has 1 saturated heterocycles. The van der Waals surface area contributed by atoms with E-state index < -0.39 is 0 Å². The predicted molar refractivity (Wildman–Crippen MR) is 79.1 cm³/mol. The second-order valence-electron chi connectivity index (χ2n) is 8.84. The van der Waals surface area contributed by atoms with Crippen molar-refractivity contribution in [2.45, 2.75) is 84.7 Å². The normalized spacial score (nSPS) is 45.9. The highest BCUT2D eigenvalue weighted by atomic mass is 16.7. The Bertz CT molecular complexity index is 386. The molecule has 3 fully saturated rings. The summed E-state index contributed by atoms with van der Waals surface area (Å²) in [7, 11) is -0.0143. The van der Waals surface area contributed by atoms with Crippen molar-refractivity contribution in [3.8, 4) is 0 Å². The topological polar surface area (TPSA) is 18.5 Å². The molecule has 0 amide bonds. The number of fused-ring (bicyclic) bond motifs is 2. The van der Waals surface area contributed by atoms with E-state index in [1.54, 1.807) is 0 Å². The van der Waals surface area contributed by atoms with Crippen LogP contribution in [0.5, 0.6) is 0 Å². The molecule has 0 aromatic carbocycles. The zero-order valence-corrected chi connectivity index (χ0v) is 13.7. The van der Waals surface area contributed by atoms with Crippen molar-refractivity contribution in [1.82, 2.24) is 0 Å². The Kier molecular flexibility index (Phi) is 2.64. The van der Waals surface area contributed by atoms with Crippen molar-refractivity contribution in [3.05, 3.63) is 0 Å². The molecule has 108 valence electrons. The van der Waals surface area contributed by atoms with Crippen LogP contribution in [0, 0.1) is 16.7 Å². The Labute approximate surface area is 118 Å². The third-order valence-electron chi connectivity index (χ3n) is 7.46. The lowest BCUT2D eigenvalue weighted by atomic mass is 9.54. The highest BCUT2D eigenvalue weighted by Gasteiger charge is 2.67. The summed E-state index contributed by atoms with van der Waals surface area (Å²) in [4.78, 5) is 0.